The van der Waals surface area contributed by atoms with Crippen LogP contribution in [0.5, 0.6) is 5.88 Å². The quantitative estimate of drug-likeness (QED) is 0.409. The van der Waals surface area contributed by atoms with Crippen molar-refractivity contribution >= 4 is 17.8 Å². The number of ether oxygens (including phenoxy) is 3. The molecule has 0 unspecified atom stereocenters. The molecule has 0 amide bonds. The van der Waals surface area contributed by atoms with Gasteiger partial charge in [0.05, 0.1) is 7.11 Å². The Kier molecular flexibility index (Phi) is 7.47. The summed E-state index contributed by atoms with van der Waals surface area (Å²) in [5.41, 5.74) is 5.78. The number of esters is 2. The van der Waals surface area contributed by atoms with Crippen LogP contribution in [-0.2, 0) is 21.3 Å². The van der Waals surface area contributed by atoms with E-state index < -0.39 is 5.97 Å². The maximum atomic E-state index is 11.6. The van der Waals surface area contributed by atoms with Gasteiger partial charge in [0.2, 0.25) is 5.88 Å². The number of terminal acetylenes is 1. The van der Waals surface area contributed by atoms with Gasteiger partial charge in [-0.2, -0.15) is 0 Å². The fourth-order valence-electron chi connectivity index (χ4n) is 1.77. The average Bonchev–Trinajstić information content (AvgIpc) is 2.82. The van der Waals surface area contributed by atoms with Gasteiger partial charge in [-0.1, -0.05) is 0 Å². The molecular formula is C15H21N3O5. The summed E-state index contributed by atoms with van der Waals surface area (Å²) in [7, 11) is 2.81. The van der Waals surface area contributed by atoms with Crippen LogP contribution >= 0.6 is 0 Å². The Bertz CT molecular complexity index is 589. The molecule has 0 aliphatic carbocycles. The summed E-state index contributed by atoms with van der Waals surface area (Å²) in [5, 5.41) is 3.98. The largest absolute Gasteiger partial charge is 0.472 e. The second-order valence-corrected chi connectivity index (χ2v) is 4.66. The summed E-state index contributed by atoms with van der Waals surface area (Å²) in [6, 6.07) is 0. The second-order valence-electron chi connectivity index (χ2n) is 4.66. The maximum absolute atomic E-state index is 11.6. The van der Waals surface area contributed by atoms with Crippen molar-refractivity contribution < 1.29 is 23.8 Å². The molecule has 23 heavy (non-hydrogen) atoms. The van der Waals surface area contributed by atoms with Gasteiger partial charge in [-0.15, -0.1) is 17.4 Å². The molecular weight excluding hydrogens is 302 g/mol. The molecule has 8 nitrogen and oxygen atoms in total. The van der Waals surface area contributed by atoms with E-state index in [9.17, 15) is 9.59 Å². The average molecular weight is 323 g/mol. The minimum absolute atomic E-state index is 0.0434. The van der Waals surface area contributed by atoms with Gasteiger partial charge >= 0.3 is 11.9 Å². The fourth-order valence-corrected chi connectivity index (χ4v) is 1.77. The van der Waals surface area contributed by atoms with Gasteiger partial charge in [0.15, 0.2) is 5.56 Å². The molecule has 2 N–H and O–H groups in total. The first-order valence-electron chi connectivity index (χ1n) is 7.14. The van der Waals surface area contributed by atoms with Gasteiger partial charge in [-0.05, 0) is 12.8 Å². The van der Waals surface area contributed by atoms with Gasteiger partial charge in [-0.3, -0.25) is 4.79 Å². The Morgan fingerprint density at radius 3 is 2.74 bits per heavy atom. The summed E-state index contributed by atoms with van der Waals surface area (Å²) < 4.78 is 16.3. The van der Waals surface area contributed by atoms with Gasteiger partial charge in [0.1, 0.15) is 19.0 Å². The number of nitrogens with two attached hydrogens (primary N) is 1. The van der Waals surface area contributed by atoms with Gasteiger partial charge < -0.3 is 19.9 Å². The van der Waals surface area contributed by atoms with E-state index in [0.717, 1.165) is 6.42 Å². The van der Waals surface area contributed by atoms with E-state index in [1.165, 1.54) is 11.8 Å². The van der Waals surface area contributed by atoms with Crippen LogP contribution in [0.2, 0.25) is 0 Å². The van der Waals surface area contributed by atoms with E-state index in [2.05, 4.69) is 15.8 Å². The Morgan fingerprint density at radius 2 is 2.09 bits per heavy atom. The molecule has 0 saturated carbocycles. The molecule has 1 aromatic rings. The lowest BCUT2D eigenvalue weighted by Gasteiger charge is -2.06. The van der Waals surface area contributed by atoms with Crippen molar-refractivity contribution in [3.8, 4) is 18.2 Å². The summed E-state index contributed by atoms with van der Waals surface area (Å²) in [5.74, 6) is 1.73. The highest BCUT2D eigenvalue weighted by Gasteiger charge is 2.23. The first-order valence-corrected chi connectivity index (χ1v) is 7.14. The van der Waals surface area contributed by atoms with E-state index >= 15 is 0 Å². The van der Waals surface area contributed by atoms with E-state index in [1.807, 2.05) is 0 Å². The van der Waals surface area contributed by atoms with Crippen molar-refractivity contribution in [3.63, 3.8) is 0 Å². The van der Waals surface area contributed by atoms with Crippen LogP contribution < -0.4 is 10.5 Å². The molecule has 0 aliphatic heterocycles. The van der Waals surface area contributed by atoms with Crippen molar-refractivity contribution in [2.45, 2.75) is 25.7 Å². The van der Waals surface area contributed by atoms with E-state index in [1.54, 1.807) is 7.05 Å². The number of hydrogen-bond acceptors (Lipinski definition) is 7. The Labute approximate surface area is 134 Å². The monoisotopic (exact) mass is 323 g/mol. The van der Waals surface area contributed by atoms with Crippen LogP contribution in [0, 0.1) is 12.3 Å². The van der Waals surface area contributed by atoms with Gasteiger partial charge in [0.25, 0.3) is 0 Å². The lowest BCUT2D eigenvalue weighted by Crippen LogP contribution is -2.13. The predicted molar refractivity (Wildman–Crippen MR) is 82.7 cm³/mol. The van der Waals surface area contributed by atoms with Crippen LogP contribution in [-0.4, -0.2) is 42.0 Å². The van der Waals surface area contributed by atoms with Gasteiger partial charge in [-0.25, -0.2) is 9.48 Å². The number of rotatable bonds is 9. The summed E-state index contributed by atoms with van der Waals surface area (Å²) >= 11 is 0. The smallest absolute Gasteiger partial charge is 0.347 e. The third-order valence-corrected chi connectivity index (χ3v) is 2.99. The highest BCUT2D eigenvalue weighted by Crippen LogP contribution is 2.23. The lowest BCUT2D eigenvalue weighted by molar-refractivity contribution is -0.144. The fraction of sp³-hybridized carbons (Fsp3) is 0.533. The molecule has 0 saturated heterocycles. The molecule has 0 bridgehead atoms. The number of aryl methyl sites for hydroxylation is 1. The third kappa shape index (κ3) is 5.54. The van der Waals surface area contributed by atoms with Crippen molar-refractivity contribution in [2.75, 3.05) is 26.1 Å². The molecule has 0 radical (unpaired) electrons. The van der Waals surface area contributed by atoms with Gasteiger partial charge in [0, 0.05) is 19.9 Å². The maximum Gasteiger partial charge on any atom is 0.347 e. The SMILES string of the molecule is C#CCCCCC(=O)OCCOc1nn(C)c(N)c1C(=O)OC. The summed E-state index contributed by atoms with van der Waals surface area (Å²) in [6.45, 7) is 0.0988. The van der Waals surface area contributed by atoms with Crippen LogP contribution in [0.3, 0.4) is 0 Å². The zero-order valence-corrected chi connectivity index (χ0v) is 13.3. The predicted octanol–water partition coefficient (Wildman–Crippen LogP) is 0.904. The number of carbonyl (C=O) groups is 2. The van der Waals surface area contributed by atoms with E-state index in [0.29, 0.717) is 19.3 Å². The summed E-state index contributed by atoms with van der Waals surface area (Å²) in [4.78, 5) is 23.1. The van der Waals surface area contributed by atoms with E-state index in [4.69, 9.17) is 21.6 Å². The standard InChI is InChI=1S/C15H21N3O5/c1-4-5-6-7-8-11(19)22-9-10-23-14-12(15(20)21-3)13(16)18(2)17-14/h1H,5-10,16H2,2-3H3. The van der Waals surface area contributed by atoms with Crippen LogP contribution in [0.15, 0.2) is 0 Å². The second kappa shape index (κ2) is 9.35. The van der Waals surface area contributed by atoms with Crippen LogP contribution in [0.4, 0.5) is 5.82 Å². The number of methoxy groups -OCH3 is 1. The zero-order valence-electron chi connectivity index (χ0n) is 13.3. The minimum atomic E-state index is -0.642. The third-order valence-electron chi connectivity index (χ3n) is 2.99. The molecule has 1 heterocycles. The van der Waals surface area contributed by atoms with Crippen molar-refractivity contribution in [3.05, 3.63) is 5.56 Å². The number of aromatic nitrogens is 2. The first-order chi connectivity index (χ1) is 11.0. The minimum Gasteiger partial charge on any atom is -0.472 e. The number of unbranched alkanes of at least 4 members (excludes halogenated alkanes) is 2. The number of nitrogens with zero attached hydrogens (tertiary/aromatic N) is 2. The number of nitrogen functional groups attached to an aromatic ring is 1. The van der Waals surface area contributed by atoms with E-state index in [-0.39, 0.29) is 36.4 Å². The van der Waals surface area contributed by atoms with Crippen LogP contribution in [0.25, 0.3) is 0 Å². The molecule has 1 aromatic heterocycles. The molecule has 0 aromatic carbocycles. The Balaban J connectivity index is 2.39. The highest BCUT2D eigenvalue weighted by atomic mass is 16.6. The Hall–Kier alpha value is -2.69. The van der Waals surface area contributed by atoms with Crippen molar-refractivity contribution in [1.82, 2.24) is 9.78 Å². The number of hydrogen-bond donors (Lipinski definition) is 1. The van der Waals surface area contributed by atoms with Crippen molar-refractivity contribution in [1.29, 1.82) is 0 Å². The molecule has 0 spiro atoms. The number of carbonyl (C=O) groups excluding carboxylic acids is 2. The first kappa shape index (κ1) is 18.4. The molecule has 8 heteroatoms. The normalized spacial score (nSPS) is 9.96. The molecule has 126 valence electrons. The molecule has 0 atom stereocenters. The molecule has 0 aliphatic rings. The molecule has 0 fully saturated rings. The van der Waals surface area contributed by atoms with Crippen LogP contribution in [0.1, 0.15) is 36.0 Å². The lowest BCUT2D eigenvalue weighted by atomic mass is 10.2. The topological polar surface area (TPSA) is 106 Å². The summed E-state index contributed by atoms with van der Waals surface area (Å²) in [6.07, 6.45) is 7.56. The zero-order chi connectivity index (χ0) is 17.2. The van der Waals surface area contributed by atoms with Crippen molar-refractivity contribution in [2.24, 2.45) is 7.05 Å². The number of anilines is 1. The Morgan fingerprint density at radius 1 is 1.35 bits per heavy atom. The molecule has 1 rings (SSSR count). The highest BCUT2D eigenvalue weighted by molar-refractivity contribution is 5.96.